The van der Waals surface area contributed by atoms with Crippen LogP contribution in [0.3, 0.4) is 0 Å². The van der Waals surface area contributed by atoms with E-state index in [-0.39, 0.29) is 5.91 Å². The number of aromatic nitrogens is 1. The minimum Gasteiger partial charge on any atom is -0.488 e. The van der Waals surface area contributed by atoms with Crippen LogP contribution in [-0.2, 0) is 13.2 Å². The van der Waals surface area contributed by atoms with Crippen LogP contribution in [0.15, 0.2) is 72.9 Å². The normalized spacial score (nSPS) is 10.3. The van der Waals surface area contributed by atoms with Gasteiger partial charge in [0.05, 0.1) is 17.8 Å². The van der Waals surface area contributed by atoms with Crippen molar-refractivity contribution in [2.24, 2.45) is 0 Å². The van der Waals surface area contributed by atoms with Crippen molar-refractivity contribution in [3.05, 3.63) is 94.8 Å². The number of ether oxygens (including phenoxy) is 1. The Morgan fingerprint density at radius 1 is 1.00 bits per heavy atom. The Morgan fingerprint density at radius 3 is 2.56 bits per heavy atom. The number of pyridine rings is 1. The summed E-state index contributed by atoms with van der Waals surface area (Å²) in [5, 5.41) is 3.50. The standard InChI is InChI=1S/C20H17ClN2O2/c21-18-10-3-1-7-15(18)14-25-19-11-4-2-9-17(19)20(24)23-13-16-8-5-6-12-22-16/h1-12H,13-14H2,(H,23,24). The molecule has 2 aromatic carbocycles. The Balaban J connectivity index is 1.68. The van der Waals surface area contributed by atoms with Gasteiger partial charge in [-0.25, -0.2) is 0 Å². The monoisotopic (exact) mass is 352 g/mol. The topological polar surface area (TPSA) is 51.2 Å². The number of amides is 1. The third-order valence-electron chi connectivity index (χ3n) is 3.63. The summed E-state index contributed by atoms with van der Waals surface area (Å²) in [6.07, 6.45) is 1.70. The van der Waals surface area contributed by atoms with Gasteiger partial charge in [-0.2, -0.15) is 0 Å². The Labute approximate surface area is 151 Å². The minimum absolute atomic E-state index is 0.208. The van der Waals surface area contributed by atoms with Crippen molar-refractivity contribution in [2.75, 3.05) is 0 Å². The second kappa shape index (κ2) is 8.31. The quantitative estimate of drug-likeness (QED) is 0.721. The highest BCUT2D eigenvalue weighted by molar-refractivity contribution is 6.31. The van der Waals surface area contributed by atoms with Crippen LogP contribution in [0.2, 0.25) is 5.02 Å². The number of rotatable bonds is 6. The van der Waals surface area contributed by atoms with Crippen LogP contribution >= 0.6 is 11.6 Å². The number of carbonyl (C=O) groups is 1. The van der Waals surface area contributed by atoms with Gasteiger partial charge in [0.2, 0.25) is 0 Å². The molecule has 0 fully saturated rings. The Hall–Kier alpha value is -2.85. The fourth-order valence-corrected chi connectivity index (χ4v) is 2.51. The summed E-state index contributed by atoms with van der Waals surface area (Å²) in [6.45, 7) is 0.655. The SMILES string of the molecule is O=C(NCc1ccccn1)c1ccccc1OCc1ccccc1Cl. The van der Waals surface area contributed by atoms with Crippen molar-refractivity contribution in [3.8, 4) is 5.75 Å². The molecular formula is C20H17ClN2O2. The van der Waals surface area contributed by atoms with E-state index < -0.39 is 0 Å². The van der Waals surface area contributed by atoms with Gasteiger partial charge in [-0.3, -0.25) is 9.78 Å². The molecule has 0 bridgehead atoms. The molecule has 25 heavy (non-hydrogen) atoms. The number of para-hydroxylation sites is 1. The van der Waals surface area contributed by atoms with Crippen molar-refractivity contribution >= 4 is 17.5 Å². The van der Waals surface area contributed by atoms with Crippen LogP contribution in [0, 0.1) is 0 Å². The number of halogens is 1. The van der Waals surface area contributed by atoms with Crippen molar-refractivity contribution in [2.45, 2.75) is 13.2 Å². The van der Waals surface area contributed by atoms with E-state index in [2.05, 4.69) is 10.3 Å². The molecule has 0 atom stereocenters. The Kier molecular flexibility index (Phi) is 5.65. The molecule has 1 amide bonds. The number of hydrogen-bond donors (Lipinski definition) is 1. The van der Waals surface area contributed by atoms with E-state index in [1.807, 2.05) is 48.5 Å². The molecule has 1 N–H and O–H groups in total. The number of nitrogens with one attached hydrogen (secondary N) is 1. The maximum absolute atomic E-state index is 12.5. The number of nitrogens with zero attached hydrogens (tertiary/aromatic N) is 1. The van der Waals surface area contributed by atoms with Crippen LogP contribution in [0.1, 0.15) is 21.6 Å². The summed E-state index contributed by atoms with van der Waals surface area (Å²) in [7, 11) is 0. The Bertz CT molecular complexity index is 853. The van der Waals surface area contributed by atoms with Crippen LogP contribution in [-0.4, -0.2) is 10.9 Å². The molecule has 5 heteroatoms. The molecule has 0 radical (unpaired) electrons. The molecule has 1 heterocycles. The van der Waals surface area contributed by atoms with E-state index in [4.69, 9.17) is 16.3 Å². The van der Waals surface area contributed by atoms with Gasteiger partial charge in [0.25, 0.3) is 5.91 Å². The predicted octanol–water partition coefficient (Wildman–Crippen LogP) is 4.24. The lowest BCUT2D eigenvalue weighted by molar-refractivity contribution is 0.0946. The smallest absolute Gasteiger partial charge is 0.255 e. The molecular weight excluding hydrogens is 336 g/mol. The van der Waals surface area contributed by atoms with Gasteiger partial charge in [-0.15, -0.1) is 0 Å². The number of hydrogen-bond acceptors (Lipinski definition) is 3. The van der Waals surface area contributed by atoms with Gasteiger partial charge >= 0.3 is 0 Å². The van der Waals surface area contributed by atoms with Gasteiger partial charge in [0.1, 0.15) is 12.4 Å². The molecule has 0 aliphatic rings. The van der Waals surface area contributed by atoms with Crippen LogP contribution in [0.25, 0.3) is 0 Å². The predicted molar refractivity (Wildman–Crippen MR) is 97.6 cm³/mol. The minimum atomic E-state index is -0.208. The first-order valence-corrected chi connectivity index (χ1v) is 8.25. The highest BCUT2D eigenvalue weighted by atomic mass is 35.5. The van der Waals surface area contributed by atoms with Gasteiger partial charge in [-0.1, -0.05) is 48.0 Å². The van der Waals surface area contributed by atoms with Gasteiger partial charge in [0, 0.05) is 16.8 Å². The summed E-state index contributed by atoms with van der Waals surface area (Å²) in [5.74, 6) is 0.307. The van der Waals surface area contributed by atoms with Crippen LogP contribution < -0.4 is 10.1 Å². The first-order chi connectivity index (χ1) is 12.2. The molecule has 4 nitrogen and oxygen atoms in total. The summed E-state index contributed by atoms with van der Waals surface area (Å²) < 4.78 is 5.82. The molecule has 0 aliphatic carbocycles. The van der Waals surface area contributed by atoms with Crippen molar-refractivity contribution in [1.29, 1.82) is 0 Å². The van der Waals surface area contributed by atoms with Crippen LogP contribution in [0.5, 0.6) is 5.75 Å². The van der Waals surface area contributed by atoms with E-state index in [9.17, 15) is 4.79 Å². The maximum Gasteiger partial charge on any atom is 0.255 e. The largest absolute Gasteiger partial charge is 0.488 e. The fourth-order valence-electron chi connectivity index (χ4n) is 2.32. The summed E-state index contributed by atoms with van der Waals surface area (Å²) in [4.78, 5) is 16.7. The summed E-state index contributed by atoms with van der Waals surface area (Å²) in [5.41, 5.74) is 2.14. The van der Waals surface area contributed by atoms with E-state index in [0.29, 0.717) is 29.5 Å². The van der Waals surface area contributed by atoms with E-state index in [0.717, 1.165) is 11.3 Å². The highest BCUT2D eigenvalue weighted by Crippen LogP contribution is 2.22. The van der Waals surface area contributed by atoms with Crippen LogP contribution in [0.4, 0.5) is 0 Å². The maximum atomic E-state index is 12.5. The average molecular weight is 353 g/mol. The second-order valence-corrected chi connectivity index (χ2v) is 5.79. The third-order valence-corrected chi connectivity index (χ3v) is 4.00. The molecule has 0 unspecified atom stereocenters. The zero-order valence-corrected chi connectivity index (χ0v) is 14.2. The fraction of sp³-hybridized carbons (Fsp3) is 0.100. The molecule has 126 valence electrons. The lowest BCUT2D eigenvalue weighted by Gasteiger charge is -2.12. The summed E-state index contributed by atoms with van der Waals surface area (Å²) in [6, 6.07) is 20.2. The molecule has 1 aromatic heterocycles. The number of benzene rings is 2. The molecule has 0 aliphatic heterocycles. The second-order valence-electron chi connectivity index (χ2n) is 5.38. The molecule has 0 saturated heterocycles. The Morgan fingerprint density at radius 2 is 1.76 bits per heavy atom. The molecule has 3 rings (SSSR count). The van der Waals surface area contributed by atoms with Crippen molar-refractivity contribution in [1.82, 2.24) is 10.3 Å². The summed E-state index contributed by atoms with van der Waals surface area (Å²) >= 11 is 6.14. The zero-order chi connectivity index (χ0) is 17.5. The van der Waals surface area contributed by atoms with Gasteiger partial charge < -0.3 is 10.1 Å². The molecule has 0 spiro atoms. The van der Waals surface area contributed by atoms with Gasteiger partial charge in [-0.05, 0) is 30.3 Å². The average Bonchev–Trinajstić information content (AvgIpc) is 2.66. The van der Waals surface area contributed by atoms with Crippen molar-refractivity contribution in [3.63, 3.8) is 0 Å². The first kappa shape index (κ1) is 17.0. The third kappa shape index (κ3) is 4.58. The van der Waals surface area contributed by atoms with E-state index in [1.54, 1.807) is 24.4 Å². The molecule has 0 saturated carbocycles. The number of carbonyl (C=O) groups excluding carboxylic acids is 1. The van der Waals surface area contributed by atoms with Gasteiger partial charge in [0.15, 0.2) is 0 Å². The molecule has 3 aromatic rings. The lowest BCUT2D eigenvalue weighted by Crippen LogP contribution is -2.23. The van der Waals surface area contributed by atoms with E-state index in [1.165, 1.54) is 0 Å². The zero-order valence-electron chi connectivity index (χ0n) is 13.5. The lowest BCUT2D eigenvalue weighted by atomic mass is 10.2. The first-order valence-electron chi connectivity index (χ1n) is 7.87. The van der Waals surface area contributed by atoms with Crippen molar-refractivity contribution < 1.29 is 9.53 Å². The van der Waals surface area contributed by atoms with E-state index >= 15 is 0 Å². The highest BCUT2D eigenvalue weighted by Gasteiger charge is 2.12.